The van der Waals surface area contributed by atoms with Crippen LogP contribution in [0.3, 0.4) is 0 Å². The normalized spacial score (nSPS) is 18.2. The van der Waals surface area contributed by atoms with E-state index in [1.165, 1.54) is 11.6 Å². The number of rotatable bonds is 4. The predicted octanol–water partition coefficient (Wildman–Crippen LogP) is 5.79. The summed E-state index contributed by atoms with van der Waals surface area (Å²) in [7, 11) is 0. The van der Waals surface area contributed by atoms with Crippen molar-refractivity contribution in [3.8, 4) is 11.1 Å². The monoisotopic (exact) mass is 430 g/mol. The largest absolute Gasteiger partial charge is 0.441 e. The van der Waals surface area contributed by atoms with Crippen molar-refractivity contribution in [3.63, 3.8) is 0 Å². The van der Waals surface area contributed by atoms with E-state index < -0.39 is 5.60 Å². The molecule has 0 N–H and O–H groups in total. The van der Waals surface area contributed by atoms with Crippen molar-refractivity contribution < 1.29 is 13.9 Å². The first kappa shape index (κ1) is 20.7. The molecule has 0 unspecified atom stereocenters. The number of likely N-dealkylation sites (tertiary alicyclic amines) is 1. The van der Waals surface area contributed by atoms with Gasteiger partial charge in [-0.05, 0) is 41.8 Å². The van der Waals surface area contributed by atoms with Crippen molar-refractivity contribution in [1.29, 1.82) is 0 Å². The van der Waals surface area contributed by atoms with E-state index in [1.807, 2.05) is 55.5 Å². The number of halogens is 1. The second kappa shape index (κ2) is 8.40. The molecule has 1 amide bonds. The second-order valence-corrected chi connectivity index (χ2v) is 8.88. The molecule has 2 fully saturated rings. The number of ether oxygens (including phenoxy) is 1. The Morgan fingerprint density at radius 3 is 2.38 bits per heavy atom. The first-order chi connectivity index (χ1) is 15.5. The lowest BCUT2D eigenvalue weighted by atomic mass is 9.90. The lowest BCUT2D eigenvalue weighted by Crippen LogP contribution is -2.46. The van der Waals surface area contributed by atoms with E-state index in [-0.39, 0.29) is 11.9 Å². The van der Waals surface area contributed by atoms with Crippen LogP contribution in [0.25, 0.3) is 11.1 Å². The van der Waals surface area contributed by atoms with Gasteiger partial charge in [-0.3, -0.25) is 9.80 Å². The second-order valence-electron chi connectivity index (χ2n) is 8.88. The molecular weight excluding hydrogens is 403 g/mol. The highest BCUT2D eigenvalue weighted by Gasteiger charge is 2.47. The number of hydrogen-bond acceptors (Lipinski definition) is 3. The number of carbonyl (C=O) groups excluding carboxylic acids is 1. The lowest BCUT2D eigenvalue weighted by molar-refractivity contribution is -0.000974. The average Bonchev–Trinajstić information content (AvgIpc) is 3.13. The van der Waals surface area contributed by atoms with E-state index in [9.17, 15) is 9.18 Å². The van der Waals surface area contributed by atoms with Gasteiger partial charge in [-0.15, -0.1) is 0 Å². The summed E-state index contributed by atoms with van der Waals surface area (Å²) >= 11 is 0. The van der Waals surface area contributed by atoms with E-state index in [0.717, 1.165) is 49.3 Å². The summed E-state index contributed by atoms with van der Waals surface area (Å²) in [5, 5.41) is 0. The highest BCUT2D eigenvalue weighted by atomic mass is 19.1. The molecule has 3 aromatic rings. The summed E-state index contributed by atoms with van der Waals surface area (Å²) in [6.07, 6.45) is 1.41. The van der Waals surface area contributed by atoms with E-state index in [0.29, 0.717) is 12.1 Å². The maximum Gasteiger partial charge on any atom is 0.415 e. The van der Waals surface area contributed by atoms with Crippen molar-refractivity contribution in [2.75, 3.05) is 24.5 Å². The molecule has 0 aliphatic carbocycles. The Morgan fingerprint density at radius 1 is 0.938 bits per heavy atom. The fourth-order valence-electron chi connectivity index (χ4n) is 4.87. The minimum absolute atomic E-state index is 0.194. The van der Waals surface area contributed by atoms with Gasteiger partial charge in [0.2, 0.25) is 0 Å². The van der Waals surface area contributed by atoms with Crippen LogP contribution in [0.4, 0.5) is 14.9 Å². The molecule has 4 nitrogen and oxygen atoms in total. The SMILES string of the molecule is Cc1cc(CN2CCC3(CC2)CN(c2ccccc2)C(=O)O3)ccc1-c1ccccc1F. The zero-order valence-electron chi connectivity index (χ0n) is 18.3. The standard InChI is InChI=1S/C27H27FN2O2/c1-20-17-21(11-12-23(20)24-9-5-6-10-25(24)28)18-29-15-13-27(14-16-29)19-30(26(31)32-27)22-7-3-2-4-8-22/h2-12,17H,13-16,18-19H2,1H3. The molecule has 2 aliphatic rings. The molecule has 0 radical (unpaired) electrons. The number of nitrogens with zero attached hydrogens (tertiary/aromatic N) is 2. The minimum atomic E-state index is -0.395. The average molecular weight is 431 g/mol. The molecule has 0 saturated carbocycles. The smallest absolute Gasteiger partial charge is 0.415 e. The molecule has 0 bridgehead atoms. The first-order valence-corrected chi connectivity index (χ1v) is 11.2. The highest BCUT2D eigenvalue weighted by molar-refractivity contribution is 5.90. The quantitative estimate of drug-likeness (QED) is 0.525. The van der Waals surface area contributed by atoms with Gasteiger partial charge in [0.1, 0.15) is 11.4 Å². The molecule has 5 rings (SSSR count). The Morgan fingerprint density at radius 2 is 1.66 bits per heavy atom. The Hall–Kier alpha value is -3.18. The maximum atomic E-state index is 14.2. The van der Waals surface area contributed by atoms with E-state index >= 15 is 0 Å². The summed E-state index contributed by atoms with van der Waals surface area (Å²) in [4.78, 5) is 16.6. The van der Waals surface area contributed by atoms with Crippen LogP contribution in [0.15, 0.2) is 72.8 Å². The van der Waals surface area contributed by atoms with Gasteiger partial charge < -0.3 is 4.74 Å². The summed E-state index contributed by atoms with van der Waals surface area (Å²) in [6.45, 7) is 5.24. The molecule has 1 spiro atoms. The lowest BCUT2D eigenvalue weighted by Gasteiger charge is -2.37. The number of amides is 1. The van der Waals surface area contributed by atoms with Crippen LogP contribution in [-0.4, -0.2) is 36.2 Å². The summed E-state index contributed by atoms with van der Waals surface area (Å²) in [6, 6.07) is 22.9. The molecular formula is C27H27FN2O2. The van der Waals surface area contributed by atoms with Crippen LogP contribution in [0.2, 0.25) is 0 Å². The molecule has 2 aliphatic heterocycles. The number of hydrogen-bond donors (Lipinski definition) is 0. The Bertz CT molecular complexity index is 1120. The molecule has 0 aromatic heterocycles. The highest BCUT2D eigenvalue weighted by Crippen LogP contribution is 2.36. The van der Waals surface area contributed by atoms with Crippen LogP contribution in [0, 0.1) is 12.7 Å². The van der Waals surface area contributed by atoms with Crippen LogP contribution < -0.4 is 4.90 Å². The zero-order chi connectivity index (χ0) is 22.1. The summed E-state index contributed by atoms with van der Waals surface area (Å²) in [5.74, 6) is -0.194. The van der Waals surface area contributed by atoms with Crippen LogP contribution >= 0.6 is 0 Å². The first-order valence-electron chi connectivity index (χ1n) is 11.2. The number of piperidine rings is 1. The van der Waals surface area contributed by atoms with Gasteiger partial charge in [0.15, 0.2) is 0 Å². The molecule has 32 heavy (non-hydrogen) atoms. The van der Waals surface area contributed by atoms with Crippen molar-refractivity contribution in [1.82, 2.24) is 4.90 Å². The summed E-state index contributed by atoms with van der Waals surface area (Å²) in [5.41, 5.74) is 4.36. The van der Waals surface area contributed by atoms with E-state index in [2.05, 4.69) is 17.0 Å². The Labute approximate surface area is 188 Å². The number of carbonyl (C=O) groups is 1. The summed E-state index contributed by atoms with van der Waals surface area (Å²) < 4.78 is 20.1. The minimum Gasteiger partial charge on any atom is -0.441 e. The molecule has 2 heterocycles. The number of aryl methyl sites for hydroxylation is 1. The fraction of sp³-hybridized carbons (Fsp3) is 0.296. The van der Waals surface area contributed by atoms with Gasteiger partial charge in [-0.1, -0.05) is 54.6 Å². The van der Waals surface area contributed by atoms with Gasteiger partial charge in [-0.25, -0.2) is 9.18 Å². The van der Waals surface area contributed by atoms with E-state index in [1.54, 1.807) is 11.0 Å². The third-order valence-corrected chi connectivity index (χ3v) is 6.67. The van der Waals surface area contributed by atoms with Crippen molar-refractivity contribution in [2.45, 2.75) is 31.9 Å². The molecule has 2 saturated heterocycles. The topological polar surface area (TPSA) is 32.8 Å². The number of para-hydroxylation sites is 1. The van der Waals surface area contributed by atoms with Crippen molar-refractivity contribution in [3.05, 3.63) is 89.7 Å². The van der Waals surface area contributed by atoms with Crippen LogP contribution in [-0.2, 0) is 11.3 Å². The van der Waals surface area contributed by atoms with Gasteiger partial charge in [-0.2, -0.15) is 0 Å². The Balaban J connectivity index is 1.23. The van der Waals surface area contributed by atoms with Gasteiger partial charge in [0.05, 0.1) is 6.54 Å². The number of benzene rings is 3. The molecule has 3 aromatic carbocycles. The fourth-order valence-corrected chi connectivity index (χ4v) is 4.87. The van der Waals surface area contributed by atoms with Crippen molar-refractivity contribution in [2.24, 2.45) is 0 Å². The van der Waals surface area contributed by atoms with E-state index in [4.69, 9.17) is 4.74 Å². The molecule has 164 valence electrons. The predicted molar refractivity (Wildman–Crippen MR) is 124 cm³/mol. The van der Waals surface area contributed by atoms with Gasteiger partial charge >= 0.3 is 6.09 Å². The maximum absolute atomic E-state index is 14.2. The van der Waals surface area contributed by atoms with Crippen molar-refractivity contribution >= 4 is 11.8 Å². The zero-order valence-corrected chi connectivity index (χ0v) is 18.3. The molecule has 5 heteroatoms. The Kier molecular flexibility index (Phi) is 5.43. The third kappa shape index (κ3) is 4.00. The number of anilines is 1. The van der Waals surface area contributed by atoms with Gasteiger partial charge in [0.25, 0.3) is 0 Å². The van der Waals surface area contributed by atoms with Crippen LogP contribution in [0.5, 0.6) is 0 Å². The third-order valence-electron chi connectivity index (χ3n) is 6.67. The van der Waals surface area contributed by atoms with Gasteiger partial charge in [0, 0.05) is 43.7 Å². The molecule has 0 atom stereocenters. The van der Waals surface area contributed by atoms with Crippen LogP contribution in [0.1, 0.15) is 24.0 Å².